The first-order valence-corrected chi connectivity index (χ1v) is 12.6. The second-order valence-electron chi connectivity index (χ2n) is 10.5. The van der Waals surface area contributed by atoms with Gasteiger partial charge in [0.15, 0.2) is 5.13 Å². The molecule has 6 atom stereocenters. The minimum absolute atomic E-state index is 0.00501. The molecule has 0 bridgehead atoms. The van der Waals surface area contributed by atoms with Crippen LogP contribution in [0.5, 0.6) is 0 Å². The number of aromatic nitrogens is 1. The van der Waals surface area contributed by atoms with E-state index in [1.165, 1.54) is 44.2 Å². The monoisotopic (exact) mass is 400 g/mol. The molecule has 0 spiro atoms. The third kappa shape index (κ3) is 2.66. The quantitative estimate of drug-likeness (QED) is 0.612. The number of Topliss-reactive ketones (excluding diaryl/α,β-unsaturated/α-hetero) is 1. The lowest BCUT2D eigenvalue weighted by Gasteiger charge is -2.59. The summed E-state index contributed by atoms with van der Waals surface area (Å²) in [5.74, 6) is 3.51. The summed E-state index contributed by atoms with van der Waals surface area (Å²) in [5.41, 5.74) is 1.81. The summed E-state index contributed by atoms with van der Waals surface area (Å²) in [4.78, 5) is 19.2. The van der Waals surface area contributed by atoms with Gasteiger partial charge in [-0.2, -0.15) is 0 Å². The Kier molecular flexibility index (Phi) is 4.65. The molecule has 1 unspecified atom stereocenters. The molecule has 0 aliphatic heterocycles. The molecule has 1 aromatic rings. The number of carbonyl (C=O) groups is 1. The van der Waals surface area contributed by atoms with Gasteiger partial charge in [-0.05, 0) is 74.5 Å². The number of carbonyl (C=O) groups excluding carboxylic acids is 1. The first-order valence-electron chi connectivity index (χ1n) is 11.7. The summed E-state index contributed by atoms with van der Waals surface area (Å²) in [6.07, 6.45) is 11.9. The third-order valence-corrected chi connectivity index (χ3v) is 10.5. The minimum Gasteiger partial charge on any atom is -0.362 e. The van der Waals surface area contributed by atoms with Crippen LogP contribution in [0.1, 0.15) is 95.0 Å². The summed E-state index contributed by atoms with van der Waals surface area (Å²) in [7, 11) is 0. The van der Waals surface area contributed by atoms with Crippen LogP contribution < -0.4 is 5.32 Å². The lowest BCUT2D eigenvalue weighted by molar-refractivity contribution is -0.134. The summed E-state index contributed by atoms with van der Waals surface area (Å²) >= 11 is 1.95. The SMILES string of the molecule is CCCCNc1nc2c(s1)C1CC[C@@H]3[C@H](CC[C@]4(C)C(=O)CC[C@@H]34)[C@@]1(C)CC2. The zero-order chi connectivity index (χ0) is 19.5. The van der Waals surface area contributed by atoms with Gasteiger partial charge in [-0.1, -0.05) is 27.2 Å². The summed E-state index contributed by atoms with van der Waals surface area (Å²) < 4.78 is 0. The molecule has 154 valence electrons. The van der Waals surface area contributed by atoms with E-state index < -0.39 is 0 Å². The molecule has 28 heavy (non-hydrogen) atoms. The summed E-state index contributed by atoms with van der Waals surface area (Å²) in [6, 6.07) is 0. The van der Waals surface area contributed by atoms with Crippen molar-refractivity contribution in [2.24, 2.45) is 28.6 Å². The number of fused-ring (bicyclic) bond motifs is 7. The van der Waals surface area contributed by atoms with Gasteiger partial charge in [0.2, 0.25) is 0 Å². The van der Waals surface area contributed by atoms with Crippen molar-refractivity contribution in [1.29, 1.82) is 0 Å². The van der Waals surface area contributed by atoms with Crippen LogP contribution >= 0.6 is 11.3 Å². The van der Waals surface area contributed by atoms with Gasteiger partial charge in [0, 0.05) is 29.2 Å². The van der Waals surface area contributed by atoms with E-state index in [2.05, 4.69) is 26.1 Å². The van der Waals surface area contributed by atoms with Crippen molar-refractivity contribution in [3.63, 3.8) is 0 Å². The summed E-state index contributed by atoms with van der Waals surface area (Å²) in [6.45, 7) is 8.18. The molecule has 0 saturated heterocycles. The van der Waals surface area contributed by atoms with E-state index in [4.69, 9.17) is 4.98 Å². The maximum Gasteiger partial charge on any atom is 0.183 e. The molecule has 4 aliphatic rings. The van der Waals surface area contributed by atoms with Crippen LogP contribution in [-0.2, 0) is 11.2 Å². The lowest BCUT2D eigenvalue weighted by atomic mass is 9.46. The molecule has 3 fully saturated rings. The van der Waals surface area contributed by atoms with Crippen LogP contribution in [0.4, 0.5) is 5.13 Å². The Morgan fingerprint density at radius 2 is 1.96 bits per heavy atom. The number of unbranched alkanes of at least 4 members (excludes halogenated alkanes) is 1. The third-order valence-electron chi connectivity index (χ3n) is 9.33. The highest BCUT2D eigenvalue weighted by Gasteiger charge is 2.60. The van der Waals surface area contributed by atoms with Gasteiger partial charge in [-0.3, -0.25) is 4.79 Å². The molecule has 1 aromatic heterocycles. The van der Waals surface area contributed by atoms with Gasteiger partial charge in [0.05, 0.1) is 5.69 Å². The van der Waals surface area contributed by atoms with Crippen molar-refractivity contribution in [3.8, 4) is 0 Å². The zero-order valence-electron chi connectivity index (χ0n) is 17.9. The van der Waals surface area contributed by atoms with Crippen molar-refractivity contribution < 1.29 is 4.79 Å². The van der Waals surface area contributed by atoms with Crippen LogP contribution in [0.25, 0.3) is 0 Å². The Bertz CT molecular complexity index is 773. The van der Waals surface area contributed by atoms with Gasteiger partial charge >= 0.3 is 0 Å². The smallest absolute Gasteiger partial charge is 0.183 e. The van der Waals surface area contributed by atoms with E-state index in [1.807, 2.05) is 11.3 Å². The van der Waals surface area contributed by atoms with Gasteiger partial charge in [0.25, 0.3) is 0 Å². The fourth-order valence-electron chi connectivity index (χ4n) is 7.67. The number of nitrogens with zero attached hydrogens (tertiary/aromatic N) is 1. The second-order valence-corrected chi connectivity index (χ2v) is 11.6. The highest BCUT2D eigenvalue weighted by atomic mass is 32.1. The van der Waals surface area contributed by atoms with Crippen molar-refractivity contribution in [2.45, 2.75) is 90.9 Å². The highest BCUT2D eigenvalue weighted by molar-refractivity contribution is 7.15. The predicted octanol–water partition coefficient (Wildman–Crippen LogP) is 6.20. The Hall–Kier alpha value is -0.900. The Labute approximate surface area is 174 Å². The molecule has 5 rings (SSSR count). The van der Waals surface area contributed by atoms with Crippen molar-refractivity contribution in [3.05, 3.63) is 10.6 Å². The number of rotatable bonds is 4. The predicted molar refractivity (Wildman–Crippen MR) is 116 cm³/mol. The standard InChI is InChI=1S/C24H36N2OS/c1-4-5-14-25-22-26-19-11-13-23(2)17-10-12-24(3)16(8-9-20(24)27)15(17)6-7-18(23)21(19)28-22/h15-18H,4-14H2,1-3H3,(H,25,26)/t15-,16-,17-,18?,23+,24-/m0/s1. The maximum atomic E-state index is 12.6. The van der Waals surface area contributed by atoms with Crippen LogP contribution in [-0.4, -0.2) is 17.3 Å². The Morgan fingerprint density at radius 3 is 2.79 bits per heavy atom. The fraction of sp³-hybridized carbons (Fsp3) is 0.833. The van der Waals surface area contributed by atoms with E-state index >= 15 is 0 Å². The highest BCUT2D eigenvalue weighted by Crippen LogP contribution is 2.67. The van der Waals surface area contributed by atoms with Crippen LogP contribution in [0, 0.1) is 28.6 Å². The van der Waals surface area contributed by atoms with Crippen LogP contribution in [0.15, 0.2) is 0 Å². The fourth-order valence-corrected chi connectivity index (χ4v) is 9.00. The van der Waals surface area contributed by atoms with E-state index in [0.29, 0.717) is 23.0 Å². The zero-order valence-corrected chi connectivity index (χ0v) is 18.7. The van der Waals surface area contributed by atoms with E-state index in [9.17, 15) is 4.79 Å². The minimum atomic E-state index is 0.00501. The van der Waals surface area contributed by atoms with Gasteiger partial charge in [-0.15, -0.1) is 11.3 Å². The van der Waals surface area contributed by atoms with Crippen LogP contribution in [0.3, 0.4) is 0 Å². The van der Waals surface area contributed by atoms with Crippen molar-refractivity contribution in [1.82, 2.24) is 4.98 Å². The van der Waals surface area contributed by atoms with E-state index in [-0.39, 0.29) is 5.41 Å². The molecule has 4 heteroatoms. The molecule has 3 nitrogen and oxygen atoms in total. The largest absolute Gasteiger partial charge is 0.362 e. The van der Waals surface area contributed by atoms with Crippen LogP contribution in [0.2, 0.25) is 0 Å². The average molecular weight is 401 g/mol. The topological polar surface area (TPSA) is 42.0 Å². The van der Waals surface area contributed by atoms with Crippen molar-refractivity contribution in [2.75, 3.05) is 11.9 Å². The normalized spacial score (nSPS) is 41.8. The molecule has 1 heterocycles. The molecule has 1 N–H and O–H groups in total. The molecular formula is C24H36N2OS. The molecule has 0 aromatic carbocycles. The number of thiazole rings is 1. The number of ketones is 1. The van der Waals surface area contributed by atoms with E-state index in [1.54, 1.807) is 4.88 Å². The number of hydrogen-bond acceptors (Lipinski definition) is 4. The molecule has 3 saturated carbocycles. The number of anilines is 1. The number of aryl methyl sites for hydroxylation is 1. The second kappa shape index (κ2) is 6.82. The first-order chi connectivity index (χ1) is 13.5. The maximum absolute atomic E-state index is 12.6. The van der Waals surface area contributed by atoms with E-state index in [0.717, 1.165) is 49.2 Å². The molecule has 4 aliphatic carbocycles. The Morgan fingerprint density at radius 1 is 1.11 bits per heavy atom. The van der Waals surface area contributed by atoms with Gasteiger partial charge in [-0.25, -0.2) is 4.98 Å². The van der Waals surface area contributed by atoms with Gasteiger partial charge < -0.3 is 5.32 Å². The number of hydrogen-bond donors (Lipinski definition) is 1. The lowest BCUT2D eigenvalue weighted by Crippen LogP contribution is -2.52. The average Bonchev–Trinajstić information content (AvgIpc) is 3.22. The Balaban J connectivity index is 1.41. The molecule has 0 radical (unpaired) electrons. The molecular weight excluding hydrogens is 364 g/mol. The van der Waals surface area contributed by atoms with Crippen molar-refractivity contribution >= 4 is 22.3 Å². The van der Waals surface area contributed by atoms with Gasteiger partial charge in [0.1, 0.15) is 5.78 Å². The summed E-state index contributed by atoms with van der Waals surface area (Å²) in [5, 5.41) is 4.73. The first kappa shape index (κ1) is 19.1. The number of nitrogens with one attached hydrogen (secondary N) is 1. The molecule has 0 amide bonds.